The van der Waals surface area contributed by atoms with Gasteiger partial charge in [0.15, 0.2) is 0 Å². The largest absolute Gasteiger partial charge is 0.384 e. The lowest BCUT2D eigenvalue weighted by atomic mass is 10.2. The first kappa shape index (κ1) is 10.2. The van der Waals surface area contributed by atoms with Gasteiger partial charge in [-0.15, -0.1) is 0 Å². The van der Waals surface area contributed by atoms with Crippen molar-refractivity contribution >= 4 is 18.1 Å². The van der Waals surface area contributed by atoms with Gasteiger partial charge in [-0.2, -0.15) is 4.99 Å². The third kappa shape index (κ3) is 2.85. The first-order valence-electron chi connectivity index (χ1n) is 4.06. The van der Waals surface area contributed by atoms with Crippen LogP contribution in [-0.2, 0) is 0 Å². The van der Waals surface area contributed by atoms with Crippen LogP contribution < -0.4 is 5.73 Å². The fourth-order valence-corrected chi connectivity index (χ4v) is 0.824. The smallest absolute Gasteiger partial charge is 0.278 e. The molecule has 0 aliphatic carbocycles. The summed E-state index contributed by atoms with van der Waals surface area (Å²) in [6.45, 7) is 0. The van der Waals surface area contributed by atoms with Gasteiger partial charge in [0.1, 0.15) is 5.82 Å². The first-order chi connectivity index (χ1) is 6.59. The second kappa shape index (κ2) is 4.36. The average Bonchev–Trinajstić information content (AvgIpc) is 2.14. The lowest BCUT2D eigenvalue weighted by Gasteiger charge is -2.01. The number of nitrogens with two attached hydrogens (primary N) is 1. The molecule has 1 aromatic heterocycles. The topological polar surface area (TPSA) is 71.6 Å². The van der Waals surface area contributed by atoms with Crippen molar-refractivity contribution in [2.75, 3.05) is 19.8 Å². The summed E-state index contributed by atoms with van der Waals surface area (Å²) in [5.74, 6) is -0.0105. The van der Waals surface area contributed by atoms with E-state index in [1.807, 2.05) is 0 Å². The van der Waals surface area contributed by atoms with E-state index >= 15 is 0 Å². The fraction of sp³-hybridized carbons (Fsp3) is 0.222. The van der Waals surface area contributed by atoms with Crippen molar-refractivity contribution in [3.63, 3.8) is 0 Å². The highest BCUT2D eigenvalue weighted by molar-refractivity contribution is 5.98. The second-order valence-electron chi connectivity index (χ2n) is 2.98. The molecule has 0 aliphatic heterocycles. The Bertz CT molecular complexity index is 360. The number of aromatic nitrogens is 1. The van der Waals surface area contributed by atoms with Crippen molar-refractivity contribution in [1.82, 2.24) is 9.88 Å². The molecule has 0 fully saturated rings. The Kier molecular flexibility index (Phi) is 3.17. The molecule has 0 saturated carbocycles. The molecule has 5 nitrogen and oxygen atoms in total. The molecule has 1 rings (SSSR count). The normalized spacial score (nSPS) is 10.4. The summed E-state index contributed by atoms with van der Waals surface area (Å²) in [6, 6.07) is 3.07. The van der Waals surface area contributed by atoms with Crippen molar-refractivity contribution in [3.8, 4) is 0 Å². The molecule has 0 spiro atoms. The Hall–Kier alpha value is -1.91. The number of amides is 1. The van der Waals surface area contributed by atoms with Crippen LogP contribution in [0.1, 0.15) is 10.4 Å². The van der Waals surface area contributed by atoms with Crippen LogP contribution in [0.2, 0.25) is 0 Å². The van der Waals surface area contributed by atoms with Crippen molar-refractivity contribution in [3.05, 3.63) is 23.9 Å². The van der Waals surface area contributed by atoms with Crippen LogP contribution in [0.3, 0.4) is 0 Å². The molecule has 5 heteroatoms. The molecule has 14 heavy (non-hydrogen) atoms. The van der Waals surface area contributed by atoms with E-state index < -0.39 is 0 Å². The molecular formula is C9H12N4O. The van der Waals surface area contributed by atoms with Crippen LogP contribution in [0.5, 0.6) is 0 Å². The molecule has 0 saturated heterocycles. The van der Waals surface area contributed by atoms with Crippen LogP contribution in [0.4, 0.5) is 5.82 Å². The van der Waals surface area contributed by atoms with Crippen molar-refractivity contribution in [2.24, 2.45) is 4.99 Å². The highest BCUT2D eigenvalue weighted by Gasteiger charge is 2.02. The zero-order valence-corrected chi connectivity index (χ0v) is 8.14. The summed E-state index contributed by atoms with van der Waals surface area (Å²) in [7, 11) is 3.58. The van der Waals surface area contributed by atoms with Gasteiger partial charge < -0.3 is 10.6 Å². The predicted molar refractivity (Wildman–Crippen MR) is 55.2 cm³/mol. The Labute approximate surface area is 82.3 Å². The minimum atomic E-state index is -0.326. The van der Waals surface area contributed by atoms with E-state index in [0.717, 1.165) is 0 Å². The van der Waals surface area contributed by atoms with Crippen molar-refractivity contribution < 1.29 is 4.79 Å². The molecule has 0 bridgehead atoms. The highest BCUT2D eigenvalue weighted by atomic mass is 16.1. The van der Waals surface area contributed by atoms with Gasteiger partial charge in [-0.1, -0.05) is 0 Å². The van der Waals surface area contributed by atoms with Gasteiger partial charge in [0, 0.05) is 25.9 Å². The van der Waals surface area contributed by atoms with Gasteiger partial charge in [0.2, 0.25) is 0 Å². The molecule has 1 heterocycles. The van der Waals surface area contributed by atoms with Crippen LogP contribution in [-0.4, -0.2) is 36.2 Å². The number of pyridine rings is 1. The summed E-state index contributed by atoms with van der Waals surface area (Å²) in [4.78, 5) is 20.6. The standard InChI is InChI=1S/C9H12N4O/c1-13(2)6-12-9(14)7-3-4-11-8(10)5-7/h3-6H,1-2H3,(H2,10,11). The lowest BCUT2D eigenvalue weighted by Crippen LogP contribution is -2.10. The van der Waals surface area contributed by atoms with Crippen LogP contribution in [0, 0.1) is 0 Å². The van der Waals surface area contributed by atoms with Crippen LogP contribution in [0.25, 0.3) is 0 Å². The summed E-state index contributed by atoms with van der Waals surface area (Å²) in [5, 5.41) is 0. The number of hydrogen-bond donors (Lipinski definition) is 1. The number of carbonyl (C=O) groups is 1. The number of hydrogen-bond acceptors (Lipinski definition) is 3. The minimum Gasteiger partial charge on any atom is -0.384 e. The molecular weight excluding hydrogens is 180 g/mol. The number of rotatable bonds is 2. The molecule has 2 N–H and O–H groups in total. The number of nitrogens with zero attached hydrogens (tertiary/aromatic N) is 3. The first-order valence-corrected chi connectivity index (χ1v) is 4.06. The second-order valence-corrected chi connectivity index (χ2v) is 2.98. The maximum atomic E-state index is 11.4. The summed E-state index contributed by atoms with van der Waals surface area (Å²) >= 11 is 0. The van der Waals surface area contributed by atoms with Gasteiger partial charge in [-0.05, 0) is 12.1 Å². The van der Waals surface area contributed by atoms with Crippen molar-refractivity contribution in [1.29, 1.82) is 0 Å². The molecule has 1 aromatic rings. The molecule has 0 radical (unpaired) electrons. The number of anilines is 1. The number of carbonyl (C=O) groups excluding carboxylic acids is 1. The summed E-state index contributed by atoms with van der Waals surface area (Å²) in [5.41, 5.74) is 5.87. The van der Waals surface area contributed by atoms with E-state index in [9.17, 15) is 4.79 Å². The van der Waals surface area contributed by atoms with E-state index in [-0.39, 0.29) is 5.91 Å². The molecule has 74 valence electrons. The zero-order chi connectivity index (χ0) is 10.6. The highest BCUT2D eigenvalue weighted by Crippen LogP contribution is 2.04. The Balaban J connectivity index is 2.80. The van der Waals surface area contributed by atoms with E-state index in [1.165, 1.54) is 18.6 Å². The summed E-state index contributed by atoms with van der Waals surface area (Å²) in [6.07, 6.45) is 2.92. The third-order valence-corrected chi connectivity index (χ3v) is 1.43. The monoisotopic (exact) mass is 192 g/mol. The van der Waals surface area contributed by atoms with Gasteiger partial charge in [0.25, 0.3) is 5.91 Å². The van der Waals surface area contributed by atoms with Gasteiger partial charge in [-0.3, -0.25) is 4.79 Å². The van der Waals surface area contributed by atoms with E-state index in [1.54, 1.807) is 25.1 Å². The summed E-state index contributed by atoms with van der Waals surface area (Å²) < 4.78 is 0. The molecule has 0 aromatic carbocycles. The molecule has 0 atom stereocenters. The molecule has 0 aliphatic rings. The average molecular weight is 192 g/mol. The number of aliphatic imine (C=N–C) groups is 1. The maximum Gasteiger partial charge on any atom is 0.278 e. The molecule has 1 amide bonds. The Morgan fingerprint density at radius 3 is 2.93 bits per heavy atom. The quantitative estimate of drug-likeness (QED) is 0.543. The van der Waals surface area contributed by atoms with Gasteiger partial charge >= 0.3 is 0 Å². The SMILES string of the molecule is CN(C)C=NC(=O)c1ccnc(N)c1. The maximum absolute atomic E-state index is 11.4. The fourth-order valence-electron chi connectivity index (χ4n) is 0.824. The van der Waals surface area contributed by atoms with Crippen molar-refractivity contribution in [2.45, 2.75) is 0 Å². The van der Waals surface area contributed by atoms with Gasteiger partial charge in [0.05, 0.1) is 6.34 Å². The van der Waals surface area contributed by atoms with Gasteiger partial charge in [-0.25, -0.2) is 4.98 Å². The van der Waals surface area contributed by atoms with E-state index in [0.29, 0.717) is 11.4 Å². The Morgan fingerprint density at radius 1 is 1.64 bits per heavy atom. The van der Waals surface area contributed by atoms with E-state index in [2.05, 4.69) is 9.98 Å². The third-order valence-electron chi connectivity index (χ3n) is 1.43. The predicted octanol–water partition coefficient (Wildman–Crippen LogP) is 0.394. The molecule has 0 unspecified atom stereocenters. The zero-order valence-electron chi connectivity index (χ0n) is 8.14. The lowest BCUT2D eigenvalue weighted by molar-refractivity contribution is 0.100. The Morgan fingerprint density at radius 2 is 2.36 bits per heavy atom. The number of nitrogen functional groups attached to an aromatic ring is 1. The van der Waals surface area contributed by atoms with E-state index in [4.69, 9.17) is 5.73 Å². The van der Waals surface area contributed by atoms with Crippen LogP contribution in [0.15, 0.2) is 23.3 Å². The van der Waals surface area contributed by atoms with Crippen LogP contribution >= 0.6 is 0 Å². The minimum absolute atomic E-state index is 0.316.